The van der Waals surface area contributed by atoms with Crippen molar-refractivity contribution in [3.8, 4) is 0 Å². The Morgan fingerprint density at radius 1 is 1.35 bits per heavy atom. The molecule has 0 spiro atoms. The molecule has 4 nitrogen and oxygen atoms in total. The molecule has 0 aliphatic heterocycles. The molecule has 0 aliphatic rings. The fraction of sp³-hybridized carbons (Fsp3) is 0.333. The second-order valence-corrected chi connectivity index (χ2v) is 4.96. The molecule has 8 heteroatoms. The number of benzene rings is 1. The van der Waals surface area contributed by atoms with Crippen LogP contribution < -0.4 is 5.32 Å². The highest BCUT2D eigenvalue weighted by molar-refractivity contribution is 7.99. The fourth-order valence-corrected chi connectivity index (χ4v) is 2.51. The zero-order chi connectivity index (χ0) is 15.3. The first-order valence-electron chi connectivity index (χ1n) is 5.50. The van der Waals surface area contributed by atoms with Gasteiger partial charge in [0.2, 0.25) is 5.91 Å². The molecule has 0 fully saturated rings. The van der Waals surface area contributed by atoms with Crippen LogP contribution in [0.15, 0.2) is 29.2 Å². The SMILES string of the molecule is CC(=O)NC(CSc1ccccc1C(F)(F)F)C(=O)O. The largest absolute Gasteiger partial charge is 0.480 e. The minimum absolute atomic E-state index is 0.0726. The van der Waals surface area contributed by atoms with Gasteiger partial charge in [0.15, 0.2) is 0 Å². The average Bonchev–Trinajstić information content (AvgIpc) is 2.33. The molecule has 1 unspecified atom stereocenters. The van der Waals surface area contributed by atoms with E-state index in [1.807, 2.05) is 0 Å². The van der Waals surface area contributed by atoms with Crippen LogP contribution in [0.3, 0.4) is 0 Å². The maximum absolute atomic E-state index is 12.7. The Morgan fingerprint density at radius 2 is 1.95 bits per heavy atom. The number of carboxylic acids is 1. The zero-order valence-corrected chi connectivity index (χ0v) is 11.2. The first-order chi connectivity index (χ1) is 9.21. The van der Waals surface area contributed by atoms with E-state index in [0.29, 0.717) is 0 Å². The highest BCUT2D eigenvalue weighted by Gasteiger charge is 2.33. The van der Waals surface area contributed by atoms with E-state index in [4.69, 9.17) is 5.11 Å². The number of carbonyl (C=O) groups is 2. The molecule has 0 heterocycles. The molecule has 1 amide bonds. The van der Waals surface area contributed by atoms with Crippen molar-refractivity contribution in [1.29, 1.82) is 0 Å². The molecule has 0 bridgehead atoms. The number of hydrogen-bond acceptors (Lipinski definition) is 3. The van der Waals surface area contributed by atoms with Crippen molar-refractivity contribution >= 4 is 23.6 Å². The molecule has 110 valence electrons. The van der Waals surface area contributed by atoms with E-state index in [9.17, 15) is 22.8 Å². The van der Waals surface area contributed by atoms with Gasteiger partial charge < -0.3 is 10.4 Å². The third-order valence-electron chi connectivity index (χ3n) is 2.27. The summed E-state index contributed by atoms with van der Waals surface area (Å²) < 4.78 is 38.2. The summed E-state index contributed by atoms with van der Waals surface area (Å²) in [5.41, 5.74) is -0.822. The molecule has 0 radical (unpaired) electrons. The summed E-state index contributed by atoms with van der Waals surface area (Å²) in [6.07, 6.45) is -4.50. The Labute approximate surface area is 117 Å². The molecular formula is C12H12F3NO3S. The van der Waals surface area contributed by atoms with Gasteiger partial charge in [-0.3, -0.25) is 4.79 Å². The molecule has 0 aromatic heterocycles. The summed E-state index contributed by atoms with van der Waals surface area (Å²) >= 11 is 0.737. The van der Waals surface area contributed by atoms with Crippen molar-refractivity contribution in [3.05, 3.63) is 29.8 Å². The van der Waals surface area contributed by atoms with Crippen molar-refractivity contribution in [2.75, 3.05) is 5.75 Å². The van der Waals surface area contributed by atoms with E-state index >= 15 is 0 Å². The first kappa shape index (κ1) is 16.4. The zero-order valence-electron chi connectivity index (χ0n) is 10.4. The van der Waals surface area contributed by atoms with Crippen LogP contribution in [-0.4, -0.2) is 28.8 Å². The van der Waals surface area contributed by atoms with Crippen molar-refractivity contribution in [3.63, 3.8) is 0 Å². The second kappa shape index (κ2) is 6.65. The predicted octanol–water partition coefficient (Wildman–Crippen LogP) is 2.39. The van der Waals surface area contributed by atoms with Gasteiger partial charge in [-0.25, -0.2) is 4.79 Å². The number of amides is 1. The standard InChI is InChI=1S/C12H12F3NO3S/c1-7(17)16-9(11(18)19)6-20-10-5-3-2-4-8(10)12(13,14)15/h2-5,9H,6H2,1H3,(H,16,17)(H,18,19). The Morgan fingerprint density at radius 3 is 2.45 bits per heavy atom. The van der Waals surface area contributed by atoms with Gasteiger partial charge in [-0.1, -0.05) is 12.1 Å². The highest BCUT2D eigenvalue weighted by Crippen LogP contribution is 2.36. The Hall–Kier alpha value is -1.70. The van der Waals surface area contributed by atoms with Gasteiger partial charge in [0, 0.05) is 17.6 Å². The summed E-state index contributed by atoms with van der Waals surface area (Å²) in [5.74, 6) is -2.04. The monoisotopic (exact) mass is 307 g/mol. The van der Waals surface area contributed by atoms with Crippen LogP contribution in [0.5, 0.6) is 0 Å². The molecule has 1 aromatic rings. The van der Waals surface area contributed by atoms with Crippen LogP contribution >= 0.6 is 11.8 Å². The predicted molar refractivity (Wildman–Crippen MR) is 67.4 cm³/mol. The molecule has 2 N–H and O–H groups in total. The molecule has 1 rings (SSSR count). The van der Waals surface area contributed by atoms with Crippen LogP contribution in [0.2, 0.25) is 0 Å². The van der Waals surface area contributed by atoms with Crippen LogP contribution in [0.25, 0.3) is 0 Å². The summed E-state index contributed by atoms with van der Waals surface area (Å²) in [6.45, 7) is 1.14. The van der Waals surface area contributed by atoms with Gasteiger partial charge in [0.05, 0.1) is 5.56 Å². The lowest BCUT2D eigenvalue weighted by molar-refractivity contribution is -0.140. The number of carbonyl (C=O) groups excluding carboxylic acids is 1. The van der Waals surface area contributed by atoms with Gasteiger partial charge in [0.1, 0.15) is 6.04 Å². The Kier molecular flexibility index (Phi) is 5.43. The smallest absolute Gasteiger partial charge is 0.417 e. The molecule has 0 saturated heterocycles. The number of hydrogen-bond donors (Lipinski definition) is 2. The van der Waals surface area contributed by atoms with Gasteiger partial charge in [0.25, 0.3) is 0 Å². The third kappa shape index (κ3) is 4.76. The average molecular weight is 307 g/mol. The number of thioether (sulfide) groups is 1. The maximum Gasteiger partial charge on any atom is 0.417 e. The van der Waals surface area contributed by atoms with Crippen LogP contribution in [-0.2, 0) is 15.8 Å². The number of rotatable bonds is 5. The number of nitrogens with one attached hydrogen (secondary N) is 1. The van der Waals surface area contributed by atoms with Gasteiger partial charge in [-0.05, 0) is 12.1 Å². The maximum atomic E-state index is 12.7. The molecule has 20 heavy (non-hydrogen) atoms. The van der Waals surface area contributed by atoms with Crippen molar-refractivity contribution < 1.29 is 27.9 Å². The molecule has 1 aromatic carbocycles. The molecule has 0 saturated carbocycles. The van der Waals surface area contributed by atoms with E-state index in [2.05, 4.69) is 5.32 Å². The molecule has 0 aliphatic carbocycles. The van der Waals surface area contributed by atoms with Crippen molar-refractivity contribution in [2.45, 2.75) is 24.0 Å². The van der Waals surface area contributed by atoms with E-state index in [0.717, 1.165) is 24.8 Å². The lowest BCUT2D eigenvalue weighted by Gasteiger charge is -2.15. The van der Waals surface area contributed by atoms with E-state index in [1.54, 1.807) is 0 Å². The van der Waals surface area contributed by atoms with Gasteiger partial charge in [-0.15, -0.1) is 11.8 Å². The van der Waals surface area contributed by atoms with Crippen molar-refractivity contribution in [1.82, 2.24) is 5.32 Å². The summed E-state index contributed by atoms with van der Waals surface area (Å²) in [7, 11) is 0. The third-order valence-corrected chi connectivity index (χ3v) is 3.44. The minimum atomic E-state index is -4.50. The first-order valence-corrected chi connectivity index (χ1v) is 6.49. The topological polar surface area (TPSA) is 66.4 Å². The summed E-state index contributed by atoms with van der Waals surface area (Å²) in [6, 6.07) is 3.65. The number of alkyl halides is 3. The van der Waals surface area contributed by atoms with Gasteiger partial charge >= 0.3 is 12.1 Å². The lowest BCUT2D eigenvalue weighted by Crippen LogP contribution is -2.41. The summed E-state index contributed by atoms with van der Waals surface area (Å²) in [4.78, 5) is 21.6. The second-order valence-electron chi connectivity index (χ2n) is 3.90. The highest BCUT2D eigenvalue weighted by atomic mass is 32.2. The molecule has 1 atom stereocenters. The lowest BCUT2D eigenvalue weighted by atomic mass is 10.2. The van der Waals surface area contributed by atoms with E-state index < -0.39 is 29.7 Å². The Balaban J connectivity index is 2.83. The van der Waals surface area contributed by atoms with Gasteiger partial charge in [-0.2, -0.15) is 13.2 Å². The molecular weight excluding hydrogens is 295 g/mol. The number of halogens is 3. The van der Waals surface area contributed by atoms with Crippen LogP contribution in [0.4, 0.5) is 13.2 Å². The quantitative estimate of drug-likeness (QED) is 0.820. The Bertz CT molecular complexity index is 505. The van der Waals surface area contributed by atoms with Crippen molar-refractivity contribution in [2.24, 2.45) is 0 Å². The van der Waals surface area contributed by atoms with E-state index in [-0.39, 0.29) is 10.6 Å². The minimum Gasteiger partial charge on any atom is -0.480 e. The van der Waals surface area contributed by atoms with Crippen LogP contribution in [0, 0.1) is 0 Å². The summed E-state index contributed by atoms with van der Waals surface area (Å²) in [5, 5.41) is 11.0. The fourth-order valence-electron chi connectivity index (χ4n) is 1.42. The van der Waals surface area contributed by atoms with E-state index in [1.165, 1.54) is 18.2 Å². The normalized spacial score (nSPS) is 12.8. The number of carboxylic acid groups (broad SMARTS) is 1. The number of aliphatic carboxylic acids is 1. The van der Waals surface area contributed by atoms with Crippen LogP contribution in [0.1, 0.15) is 12.5 Å².